The van der Waals surface area contributed by atoms with Crippen LogP contribution < -0.4 is 9.47 Å². The van der Waals surface area contributed by atoms with Crippen LogP contribution in [0.2, 0.25) is 0 Å². The van der Waals surface area contributed by atoms with E-state index < -0.39 is 12.6 Å². The lowest BCUT2D eigenvalue weighted by Crippen LogP contribution is -2.07. The van der Waals surface area contributed by atoms with Crippen molar-refractivity contribution in [2.75, 3.05) is 6.61 Å². The monoisotopic (exact) mass is 359 g/mol. The van der Waals surface area contributed by atoms with Gasteiger partial charge < -0.3 is 14.2 Å². The van der Waals surface area contributed by atoms with Crippen molar-refractivity contribution in [2.45, 2.75) is 13.5 Å². The molecule has 0 aromatic heterocycles. The van der Waals surface area contributed by atoms with Gasteiger partial charge in [0.25, 0.3) is 0 Å². The van der Waals surface area contributed by atoms with Crippen molar-refractivity contribution in [3.8, 4) is 11.5 Å². The second kappa shape index (κ2) is 7.77. The first kappa shape index (κ1) is 17.6. The number of halogens is 2. The first-order valence-electron chi connectivity index (χ1n) is 7.86. The standard InChI is InChI=1S/C19H15F2NO4/c1-2-24-14-8-6-12(7-9-14)10-16-18(23)26-17(22-16)13-4-3-5-15(11-13)25-19(20)21/h3-11,19H,2H2,1H3/b16-10-. The zero-order chi connectivity index (χ0) is 18.5. The van der Waals surface area contributed by atoms with E-state index >= 15 is 0 Å². The lowest BCUT2D eigenvalue weighted by Gasteiger charge is -2.05. The third-order valence-electron chi connectivity index (χ3n) is 3.42. The molecular weight excluding hydrogens is 344 g/mol. The second-order valence-electron chi connectivity index (χ2n) is 5.24. The maximum Gasteiger partial charge on any atom is 0.387 e. The molecule has 0 unspecified atom stereocenters. The maximum absolute atomic E-state index is 12.3. The molecule has 0 N–H and O–H groups in total. The number of rotatable bonds is 6. The smallest absolute Gasteiger partial charge is 0.387 e. The number of nitrogens with zero attached hydrogens (tertiary/aromatic N) is 1. The quantitative estimate of drug-likeness (QED) is 0.577. The van der Waals surface area contributed by atoms with Gasteiger partial charge in [0.2, 0.25) is 5.90 Å². The molecule has 0 bridgehead atoms. The molecule has 3 rings (SSSR count). The van der Waals surface area contributed by atoms with Gasteiger partial charge in [0.05, 0.1) is 6.61 Å². The molecule has 0 saturated heterocycles. The lowest BCUT2D eigenvalue weighted by atomic mass is 10.2. The molecule has 2 aromatic rings. The van der Waals surface area contributed by atoms with Crippen LogP contribution >= 0.6 is 0 Å². The van der Waals surface area contributed by atoms with E-state index in [0.29, 0.717) is 12.2 Å². The van der Waals surface area contributed by atoms with Gasteiger partial charge in [-0.3, -0.25) is 0 Å². The number of carbonyl (C=O) groups excluding carboxylic acids is 1. The summed E-state index contributed by atoms with van der Waals surface area (Å²) in [5.74, 6) is 0.102. The molecule has 1 aliphatic rings. The van der Waals surface area contributed by atoms with Crippen LogP contribution in [0.15, 0.2) is 59.2 Å². The molecule has 5 nitrogen and oxygen atoms in total. The average Bonchev–Trinajstić information content (AvgIpc) is 2.97. The number of hydrogen-bond donors (Lipinski definition) is 0. The van der Waals surface area contributed by atoms with Gasteiger partial charge in [0.1, 0.15) is 11.5 Å². The summed E-state index contributed by atoms with van der Waals surface area (Å²) in [6.45, 7) is -0.482. The molecule has 0 saturated carbocycles. The minimum absolute atomic E-state index is 0.0342. The fourth-order valence-electron chi connectivity index (χ4n) is 2.32. The predicted molar refractivity (Wildman–Crippen MR) is 91.3 cm³/mol. The Bertz CT molecular complexity index is 860. The summed E-state index contributed by atoms with van der Waals surface area (Å²) >= 11 is 0. The zero-order valence-electron chi connectivity index (χ0n) is 13.8. The van der Waals surface area contributed by atoms with Crippen molar-refractivity contribution in [3.05, 3.63) is 65.4 Å². The molecule has 0 spiro atoms. The van der Waals surface area contributed by atoms with E-state index in [4.69, 9.17) is 9.47 Å². The average molecular weight is 359 g/mol. The SMILES string of the molecule is CCOc1ccc(/C=C2\N=C(c3cccc(OC(F)F)c3)OC2=O)cc1. The summed E-state index contributed by atoms with van der Waals surface area (Å²) in [5, 5.41) is 0. The van der Waals surface area contributed by atoms with Crippen LogP contribution in [0.3, 0.4) is 0 Å². The predicted octanol–water partition coefficient (Wildman–Crippen LogP) is 4.03. The molecule has 0 amide bonds. The molecule has 0 fully saturated rings. The van der Waals surface area contributed by atoms with Gasteiger partial charge in [-0.1, -0.05) is 18.2 Å². The van der Waals surface area contributed by atoms with Gasteiger partial charge in [-0.05, 0) is 48.9 Å². The highest BCUT2D eigenvalue weighted by Crippen LogP contribution is 2.23. The van der Waals surface area contributed by atoms with E-state index in [2.05, 4.69) is 9.73 Å². The van der Waals surface area contributed by atoms with E-state index in [1.165, 1.54) is 18.2 Å². The van der Waals surface area contributed by atoms with Crippen molar-refractivity contribution in [2.24, 2.45) is 4.99 Å². The minimum atomic E-state index is -2.94. The summed E-state index contributed by atoms with van der Waals surface area (Å²) in [4.78, 5) is 16.2. The summed E-state index contributed by atoms with van der Waals surface area (Å²) in [6.07, 6.45) is 1.57. The normalized spacial score (nSPS) is 15.2. The third-order valence-corrected chi connectivity index (χ3v) is 3.42. The Kier molecular flexibility index (Phi) is 5.26. The Labute approximate surface area is 148 Å². The van der Waals surface area contributed by atoms with Crippen molar-refractivity contribution in [3.63, 3.8) is 0 Å². The van der Waals surface area contributed by atoms with Crippen molar-refractivity contribution < 1.29 is 27.8 Å². The Hall–Kier alpha value is -3.22. The van der Waals surface area contributed by atoms with Crippen LogP contribution in [-0.4, -0.2) is 25.1 Å². The number of cyclic esters (lactones) is 1. The van der Waals surface area contributed by atoms with Gasteiger partial charge >= 0.3 is 12.6 Å². The molecule has 134 valence electrons. The van der Waals surface area contributed by atoms with Crippen molar-refractivity contribution >= 4 is 17.9 Å². The molecule has 1 heterocycles. The minimum Gasteiger partial charge on any atom is -0.494 e. The summed E-state index contributed by atoms with van der Waals surface area (Å²) in [5.41, 5.74) is 1.23. The Balaban J connectivity index is 1.82. The van der Waals surface area contributed by atoms with E-state index in [1.54, 1.807) is 36.4 Å². The van der Waals surface area contributed by atoms with E-state index in [9.17, 15) is 13.6 Å². The number of aliphatic imine (C=N–C) groups is 1. The number of ether oxygens (including phenoxy) is 3. The van der Waals surface area contributed by atoms with Crippen LogP contribution in [0.5, 0.6) is 11.5 Å². The first-order chi connectivity index (χ1) is 12.5. The zero-order valence-corrected chi connectivity index (χ0v) is 13.8. The molecule has 2 aromatic carbocycles. The van der Waals surface area contributed by atoms with Gasteiger partial charge in [0, 0.05) is 5.56 Å². The third kappa shape index (κ3) is 4.24. The van der Waals surface area contributed by atoms with Gasteiger partial charge in [-0.15, -0.1) is 0 Å². The largest absolute Gasteiger partial charge is 0.494 e. The number of benzene rings is 2. The van der Waals surface area contributed by atoms with Crippen LogP contribution in [0.25, 0.3) is 6.08 Å². The van der Waals surface area contributed by atoms with E-state index in [0.717, 1.165) is 11.3 Å². The summed E-state index contributed by atoms with van der Waals surface area (Å²) in [7, 11) is 0. The Morgan fingerprint density at radius 2 is 1.92 bits per heavy atom. The molecular formula is C19H15F2NO4. The summed E-state index contributed by atoms with van der Waals surface area (Å²) in [6, 6.07) is 13.0. The van der Waals surface area contributed by atoms with Crippen molar-refractivity contribution in [1.82, 2.24) is 0 Å². The van der Waals surface area contributed by atoms with Gasteiger partial charge in [0.15, 0.2) is 5.70 Å². The van der Waals surface area contributed by atoms with E-state index in [1.807, 2.05) is 6.92 Å². The molecule has 0 radical (unpaired) electrons. The molecule has 26 heavy (non-hydrogen) atoms. The van der Waals surface area contributed by atoms with Crippen LogP contribution in [0, 0.1) is 0 Å². The lowest BCUT2D eigenvalue weighted by molar-refractivity contribution is -0.129. The fraction of sp³-hybridized carbons (Fsp3) is 0.158. The molecule has 0 aliphatic carbocycles. The van der Waals surface area contributed by atoms with Gasteiger partial charge in [-0.25, -0.2) is 9.79 Å². The summed E-state index contributed by atoms with van der Waals surface area (Å²) < 4.78 is 39.5. The number of esters is 1. The Morgan fingerprint density at radius 1 is 1.15 bits per heavy atom. The highest BCUT2D eigenvalue weighted by Gasteiger charge is 2.24. The molecule has 1 aliphatic heterocycles. The topological polar surface area (TPSA) is 57.1 Å². The first-order valence-corrected chi connectivity index (χ1v) is 7.86. The highest BCUT2D eigenvalue weighted by molar-refractivity contribution is 6.12. The highest BCUT2D eigenvalue weighted by atomic mass is 19.3. The van der Waals surface area contributed by atoms with Crippen LogP contribution in [0.4, 0.5) is 8.78 Å². The van der Waals surface area contributed by atoms with Crippen LogP contribution in [0.1, 0.15) is 18.1 Å². The van der Waals surface area contributed by atoms with Crippen molar-refractivity contribution in [1.29, 1.82) is 0 Å². The number of hydrogen-bond acceptors (Lipinski definition) is 5. The number of carbonyl (C=O) groups is 1. The maximum atomic E-state index is 12.3. The van der Waals surface area contributed by atoms with Gasteiger partial charge in [-0.2, -0.15) is 8.78 Å². The fourth-order valence-corrected chi connectivity index (χ4v) is 2.32. The van der Waals surface area contributed by atoms with Crippen LogP contribution in [-0.2, 0) is 9.53 Å². The molecule has 7 heteroatoms. The second-order valence-corrected chi connectivity index (χ2v) is 5.24. The Morgan fingerprint density at radius 3 is 2.62 bits per heavy atom. The number of alkyl halides is 2. The van der Waals surface area contributed by atoms with E-state index in [-0.39, 0.29) is 17.3 Å². The molecule has 0 atom stereocenters.